The first kappa shape index (κ1) is 13.8. The van der Waals surface area contributed by atoms with Gasteiger partial charge in [0, 0.05) is 37.3 Å². The number of rotatable bonds is 5. The third-order valence-corrected chi connectivity index (χ3v) is 3.20. The molecule has 0 aliphatic carbocycles. The van der Waals surface area contributed by atoms with Crippen molar-refractivity contribution < 1.29 is 14.8 Å². The van der Waals surface area contributed by atoms with Crippen LogP contribution in [0.1, 0.15) is 18.9 Å². The zero-order valence-corrected chi connectivity index (χ0v) is 10.9. The van der Waals surface area contributed by atoms with Gasteiger partial charge in [0.25, 0.3) is 5.69 Å². The largest absolute Gasteiger partial charge is 0.494 e. The standard InChI is InChI=1S/C13H18N2O4/c1-2-19-13-4-3-11(15(17)18)7-10(13)8-14-6-5-12(16)9-14/h3-4,7,12,16H,2,5-6,8-9H2,1H3/t12-/m1/s1. The number of hydrogen-bond acceptors (Lipinski definition) is 5. The smallest absolute Gasteiger partial charge is 0.270 e. The minimum atomic E-state index is -0.405. The van der Waals surface area contributed by atoms with E-state index in [9.17, 15) is 15.2 Å². The minimum absolute atomic E-state index is 0.0678. The minimum Gasteiger partial charge on any atom is -0.494 e. The summed E-state index contributed by atoms with van der Waals surface area (Å²) in [5.41, 5.74) is 0.864. The van der Waals surface area contributed by atoms with Crippen molar-refractivity contribution in [3.05, 3.63) is 33.9 Å². The van der Waals surface area contributed by atoms with E-state index in [0.717, 1.165) is 18.5 Å². The van der Waals surface area contributed by atoms with E-state index in [0.29, 0.717) is 25.4 Å². The van der Waals surface area contributed by atoms with Gasteiger partial charge in [-0.25, -0.2) is 0 Å². The van der Waals surface area contributed by atoms with Crippen LogP contribution in [-0.4, -0.2) is 40.7 Å². The highest BCUT2D eigenvalue weighted by Crippen LogP contribution is 2.26. The van der Waals surface area contributed by atoms with E-state index < -0.39 is 4.92 Å². The van der Waals surface area contributed by atoms with E-state index in [1.54, 1.807) is 12.1 Å². The zero-order valence-electron chi connectivity index (χ0n) is 10.9. The van der Waals surface area contributed by atoms with Gasteiger partial charge in [0.05, 0.1) is 17.6 Å². The molecule has 1 atom stereocenters. The molecule has 1 heterocycles. The van der Waals surface area contributed by atoms with Crippen molar-refractivity contribution in [1.82, 2.24) is 4.90 Å². The van der Waals surface area contributed by atoms with E-state index in [-0.39, 0.29) is 11.8 Å². The maximum absolute atomic E-state index is 10.8. The molecule has 0 saturated carbocycles. The fourth-order valence-electron chi connectivity index (χ4n) is 2.30. The highest BCUT2D eigenvalue weighted by atomic mass is 16.6. The van der Waals surface area contributed by atoms with Crippen molar-refractivity contribution in [3.8, 4) is 5.75 Å². The van der Waals surface area contributed by atoms with Gasteiger partial charge < -0.3 is 9.84 Å². The summed E-state index contributed by atoms with van der Waals surface area (Å²) in [7, 11) is 0. The third kappa shape index (κ3) is 3.42. The van der Waals surface area contributed by atoms with Crippen LogP contribution in [0.25, 0.3) is 0 Å². The summed E-state index contributed by atoms with van der Waals surface area (Å²) in [6.07, 6.45) is 0.452. The molecular formula is C13H18N2O4. The van der Waals surface area contributed by atoms with Crippen LogP contribution in [0.5, 0.6) is 5.75 Å². The topological polar surface area (TPSA) is 75.8 Å². The van der Waals surface area contributed by atoms with Gasteiger partial charge in [-0.3, -0.25) is 15.0 Å². The van der Waals surface area contributed by atoms with E-state index in [1.807, 2.05) is 6.92 Å². The Bertz CT molecular complexity index is 464. The van der Waals surface area contributed by atoms with Crippen LogP contribution in [0.4, 0.5) is 5.69 Å². The lowest BCUT2D eigenvalue weighted by Crippen LogP contribution is -2.22. The molecule has 1 aliphatic heterocycles. The molecule has 0 radical (unpaired) electrons. The first-order valence-electron chi connectivity index (χ1n) is 6.40. The molecule has 0 aromatic heterocycles. The fourth-order valence-corrected chi connectivity index (χ4v) is 2.30. The van der Waals surface area contributed by atoms with Crippen LogP contribution >= 0.6 is 0 Å². The molecule has 0 amide bonds. The van der Waals surface area contributed by atoms with Crippen molar-refractivity contribution in [1.29, 1.82) is 0 Å². The number of likely N-dealkylation sites (tertiary alicyclic amines) is 1. The van der Waals surface area contributed by atoms with Crippen molar-refractivity contribution in [2.24, 2.45) is 0 Å². The van der Waals surface area contributed by atoms with Crippen molar-refractivity contribution in [2.45, 2.75) is 26.0 Å². The van der Waals surface area contributed by atoms with Gasteiger partial charge in [-0.1, -0.05) is 0 Å². The molecule has 0 spiro atoms. The van der Waals surface area contributed by atoms with Gasteiger partial charge in [0.1, 0.15) is 5.75 Å². The highest BCUT2D eigenvalue weighted by molar-refractivity contribution is 5.43. The summed E-state index contributed by atoms with van der Waals surface area (Å²) in [4.78, 5) is 12.5. The Hall–Kier alpha value is -1.66. The Balaban J connectivity index is 2.19. The maximum Gasteiger partial charge on any atom is 0.270 e. The van der Waals surface area contributed by atoms with Crippen LogP contribution in [-0.2, 0) is 6.54 Å². The summed E-state index contributed by atoms with van der Waals surface area (Å²) in [6, 6.07) is 4.65. The Kier molecular flexibility index (Phi) is 4.34. The first-order chi connectivity index (χ1) is 9.10. The van der Waals surface area contributed by atoms with E-state index in [1.165, 1.54) is 6.07 Å². The fraction of sp³-hybridized carbons (Fsp3) is 0.538. The molecule has 0 bridgehead atoms. The molecule has 19 heavy (non-hydrogen) atoms. The van der Waals surface area contributed by atoms with Gasteiger partial charge in [-0.2, -0.15) is 0 Å². The summed E-state index contributed by atoms with van der Waals surface area (Å²) < 4.78 is 5.50. The summed E-state index contributed by atoms with van der Waals surface area (Å²) in [5, 5.41) is 20.3. The Morgan fingerprint density at radius 1 is 1.58 bits per heavy atom. The number of nitro groups is 1. The molecule has 2 rings (SSSR count). The number of nitrogens with zero attached hydrogens (tertiary/aromatic N) is 2. The predicted molar refractivity (Wildman–Crippen MR) is 70.2 cm³/mol. The normalized spacial score (nSPS) is 19.6. The molecule has 1 fully saturated rings. The third-order valence-electron chi connectivity index (χ3n) is 3.20. The number of non-ortho nitro benzene ring substituents is 1. The van der Waals surface area contributed by atoms with Gasteiger partial charge in [-0.05, 0) is 19.4 Å². The zero-order chi connectivity index (χ0) is 13.8. The molecule has 1 saturated heterocycles. The van der Waals surface area contributed by atoms with E-state index >= 15 is 0 Å². The Morgan fingerprint density at radius 2 is 2.37 bits per heavy atom. The predicted octanol–water partition coefficient (Wildman–Crippen LogP) is 1.56. The number of aliphatic hydroxyl groups excluding tert-OH is 1. The number of benzene rings is 1. The number of aliphatic hydroxyl groups is 1. The van der Waals surface area contributed by atoms with Gasteiger partial charge in [0.15, 0.2) is 0 Å². The molecular weight excluding hydrogens is 248 g/mol. The molecule has 1 aliphatic rings. The molecule has 1 aromatic carbocycles. The molecule has 1 aromatic rings. The summed E-state index contributed by atoms with van der Waals surface area (Å²) in [5.74, 6) is 0.675. The average Bonchev–Trinajstić information content (AvgIpc) is 2.77. The molecule has 104 valence electrons. The van der Waals surface area contributed by atoms with E-state index in [2.05, 4.69) is 4.90 Å². The van der Waals surface area contributed by atoms with Crippen molar-refractivity contribution in [2.75, 3.05) is 19.7 Å². The van der Waals surface area contributed by atoms with Crippen LogP contribution < -0.4 is 4.74 Å². The Labute approximate surface area is 111 Å². The summed E-state index contributed by atoms with van der Waals surface area (Å²) >= 11 is 0. The van der Waals surface area contributed by atoms with Crippen molar-refractivity contribution in [3.63, 3.8) is 0 Å². The van der Waals surface area contributed by atoms with Gasteiger partial charge >= 0.3 is 0 Å². The lowest BCUT2D eigenvalue weighted by Gasteiger charge is -2.17. The SMILES string of the molecule is CCOc1ccc([N+](=O)[O-])cc1CN1CC[C@@H](O)C1. The van der Waals surface area contributed by atoms with Crippen molar-refractivity contribution >= 4 is 5.69 Å². The highest BCUT2D eigenvalue weighted by Gasteiger charge is 2.22. The Morgan fingerprint density at radius 3 is 2.95 bits per heavy atom. The van der Waals surface area contributed by atoms with Crippen LogP contribution in [0, 0.1) is 10.1 Å². The molecule has 6 nitrogen and oxygen atoms in total. The molecule has 0 unspecified atom stereocenters. The molecule has 6 heteroatoms. The second kappa shape index (κ2) is 5.99. The van der Waals surface area contributed by atoms with E-state index in [4.69, 9.17) is 4.74 Å². The monoisotopic (exact) mass is 266 g/mol. The van der Waals surface area contributed by atoms with Gasteiger partial charge in [0.2, 0.25) is 0 Å². The first-order valence-corrected chi connectivity index (χ1v) is 6.40. The van der Waals surface area contributed by atoms with Crippen LogP contribution in [0.2, 0.25) is 0 Å². The second-order valence-corrected chi connectivity index (χ2v) is 4.66. The summed E-state index contributed by atoms with van der Waals surface area (Å²) in [6.45, 7) is 4.37. The number of ether oxygens (including phenoxy) is 1. The number of nitro benzene ring substituents is 1. The van der Waals surface area contributed by atoms with Gasteiger partial charge in [-0.15, -0.1) is 0 Å². The lowest BCUT2D eigenvalue weighted by molar-refractivity contribution is -0.385. The molecule has 1 N–H and O–H groups in total. The maximum atomic E-state index is 10.8. The second-order valence-electron chi connectivity index (χ2n) is 4.66. The lowest BCUT2D eigenvalue weighted by atomic mass is 10.1. The van der Waals surface area contributed by atoms with Crippen LogP contribution in [0.3, 0.4) is 0 Å². The average molecular weight is 266 g/mol. The number of β-amino-alcohol motifs (C(OH)–C–C–N with tert-alkyl or cyclic N) is 1. The quantitative estimate of drug-likeness (QED) is 0.646. The van der Waals surface area contributed by atoms with Crippen LogP contribution in [0.15, 0.2) is 18.2 Å². The number of hydrogen-bond donors (Lipinski definition) is 1.